The predicted octanol–water partition coefficient (Wildman–Crippen LogP) is 8.81. The highest BCUT2D eigenvalue weighted by Gasteiger charge is 2.23. The van der Waals surface area contributed by atoms with E-state index in [9.17, 15) is 9.18 Å². The Labute approximate surface area is 249 Å². The van der Waals surface area contributed by atoms with Crippen molar-refractivity contribution < 1.29 is 18.7 Å². The second-order valence-corrected chi connectivity index (χ2v) is 10.1. The van der Waals surface area contributed by atoms with Crippen LogP contribution in [0.2, 0.25) is 0 Å². The number of anilines is 1. The fourth-order valence-electron chi connectivity index (χ4n) is 5.18. The summed E-state index contributed by atoms with van der Waals surface area (Å²) in [6.45, 7) is 0. The normalized spacial score (nSPS) is 11.6. The fourth-order valence-corrected chi connectivity index (χ4v) is 5.18. The van der Waals surface area contributed by atoms with Gasteiger partial charge in [0, 0.05) is 17.3 Å². The first-order valence-corrected chi connectivity index (χ1v) is 14.0. The summed E-state index contributed by atoms with van der Waals surface area (Å²) in [5, 5.41) is 3.82. The monoisotopic (exact) mass is 568 g/mol. The lowest BCUT2D eigenvalue weighted by Crippen LogP contribution is -2.23. The van der Waals surface area contributed by atoms with Gasteiger partial charge in [-0.1, -0.05) is 60.7 Å². The van der Waals surface area contributed by atoms with Crippen LogP contribution in [0.15, 0.2) is 134 Å². The summed E-state index contributed by atoms with van der Waals surface area (Å²) in [7, 11) is 1.63. The number of hydrogen-bond donors (Lipinski definition) is 1. The van der Waals surface area contributed by atoms with Gasteiger partial charge in [-0.3, -0.25) is 9.78 Å². The number of fused-ring (bicyclic) bond motifs is 1. The standard InChI is InChI=1S/C37H29FN2O3/c1-42-36-10-6-5-7-27(36)23-33(37(41)40-29-16-18-31(19-17-29)43-30-8-3-2-4-9-30)26-13-11-25(12-14-26)32-21-22-39-35-20-15-28(38)24-34(32)35/h2-22,24,33H,23H2,1H3,(H,40,41)/t33-/m1/s1. The lowest BCUT2D eigenvalue weighted by atomic mass is 9.89. The summed E-state index contributed by atoms with van der Waals surface area (Å²) in [4.78, 5) is 18.2. The van der Waals surface area contributed by atoms with Crippen LogP contribution < -0.4 is 14.8 Å². The molecular formula is C37H29FN2O3. The van der Waals surface area contributed by atoms with Crippen molar-refractivity contribution >= 4 is 22.5 Å². The molecule has 5 nitrogen and oxygen atoms in total. The van der Waals surface area contributed by atoms with Crippen molar-refractivity contribution in [2.45, 2.75) is 12.3 Å². The van der Waals surface area contributed by atoms with E-state index in [1.807, 2.05) is 109 Å². The Hall–Kier alpha value is -5.49. The maximum atomic E-state index is 14.1. The molecule has 5 aromatic carbocycles. The van der Waals surface area contributed by atoms with E-state index in [4.69, 9.17) is 9.47 Å². The molecule has 6 aromatic rings. The van der Waals surface area contributed by atoms with Gasteiger partial charge in [0.1, 0.15) is 23.1 Å². The lowest BCUT2D eigenvalue weighted by molar-refractivity contribution is -0.117. The molecule has 0 unspecified atom stereocenters. The summed E-state index contributed by atoms with van der Waals surface area (Å²) < 4.78 is 25.5. The second-order valence-electron chi connectivity index (χ2n) is 10.1. The van der Waals surface area contributed by atoms with E-state index in [-0.39, 0.29) is 11.7 Å². The predicted molar refractivity (Wildman–Crippen MR) is 168 cm³/mol. The minimum Gasteiger partial charge on any atom is -0.496 e. The van der Waals surface area contributed by atoms with Crippen LogP contribution in [0.4, 0.5) is 10.1 Å². The Morgan fingerprint density at radius 1 is 0.814 bits per heavy atom. The van der Waals surface area contributed by atoms with Crippen molar-refractivity contribution in [1.82, 2.24) is 4.98 Å². The Morgan fingerprint density at radius 2 is 1.53 bits per heavy atom. The molecule has 0 aliphatic heterocycles. The Morgan fingerprint density at radius 3 is 2.30 bits per heavy atom. The zero-order chi connectivity index (χ0) is 29.6. The van der Waals surface area contributed by atoms with Crippen LogP contribution in [0.25, 0.3) is 22.0 Å². The molecule has 0 aliphatic rings. The van der Waals surface area contributed by atoms with Gasteiger partial charge in [0.15, 0.2) is 0 Å². The van der Waals surface area contributed by atoms with Gasteiger partial charge in [-0.25, -0.2) is 4.39 Å². The van der Waals surface area contributed by atoms with Crippen molar-refractivity contribution in [3.05, 3.63) is 151 Å². The molecule has 6 rings (SSSR count). The van der Waals surface area contributed by atoms with E-state index < -0.39 is 5.92 Å². The van der Waals surface area contributed by atoms with Crippen LogP contribution >= 0.6 is 0 Å². The molecule has 1 heterocycles. The molecule has 0 bridgehead atoms. The number of hydrogen-bond acceptors (Lipinski definition) is 4. The number of para-hydroxylation sites is 2. The van der Waals surface area contributed by atoms with E-state index >= 15 is 0 Å². The topological polar surface area (TPSA) is 60.5 Å². The molecule has 1 atom stereocenters. The number of carbonyl (C=O) groups excluding carboxylic acids is 1. The Bertz CT molecular complexity index is 1860. The van der Waals surface area contributed by atoms with Gasteiger partial charge in [-0.15, -0.1) is 0 Å². The van der Waals surface area contributed by atoms with Gasteiger partial charge >= 0.3 is 0 Å². The number of benzene rings is 5. The van der Waals surface area contributed by atoms with E-state index in [0.717, 1.165) is 44.7 Å². The van der Waals surface area contributed by atoms with E-state index in [2.05, 4.69) is 10.3 Å². The maximum Gasteiger partial charge on any atom is 0.232 e. The number of ether oxygens (including phenoxy) is 2. The van der Waals surface area contributed by atoms with Crippen LogP contribution in [-0.2, 0) is 11.2 Å². The molecule has 0 fully saturated rings. The smallest absolute Gasteiger partial charge is 0.232 e. The molecule has 212 valence electrons. The first-order chi connectivity index (χ1) is 21.1. The van der Waals surface area contributed by atoms with Gasteiger partial charge < -0.3 is 14.8 Å². The molecule has 1 N–H and O–H groups in total. The molecule has 43 heavy (non-hydrogen) atoms. The first kappa shape index (κ1) is 27.7. The number of nitrogens with one attached hydrogen (secondary N) is 1. The molecule has 0 aliphatic carbocycles. The lowest BCUT2D eigenvalue weighted by Gasteiger charge is -2.20. The minimum absolute atomic E-state index is 0.146. The number of pyridine rings is 1. The highest BCUT2D eigenvalue weighted by atomic mass is 19.1. The van der Waals surface area contributed by atoms with E-state index in [1.54, 1.807) is 19.4 Å². The van der Waals surface area contributed by atoms with Crippen LogP contribution in [0, 0.1) is 5.82 Å². The van der Waals surface area contributed by atoms with Crippen LogP contribution in [0.1, 0.15) is 17.0 Å². The summed E-state index contributed by atoms with van der Waals surface area (Å²) in [5.41, 5.74) is 4.94. The molecule has 0 spiro atoms. The Balaban J connectivity index is 1.28. The number of carbonyl (C=O) groups is 1. The second kappa shape index (κ2) is 12.6. The number of halogens is 1. The SMILES string of the molecule is COc1ccccc1C[C@@H](C(=O)Nc1ccc(Oc2ccccc2)cc1)c1ccc(-c2ccnc3ccc(F)cc23)cc1. The molecule has 0 saturated carbocycles. The van der Waals surface area contributed by atoms with Gasteiger partial charge in [-0.2, -0.15) is 0 Å². The maximum absolute atomic E-state index is 14.1. The van der Waals surface area contributed by atoms with E-state index in [1.165, 1.54) is 12.1 Å². The van der Waals surface area contributed by atoms with Crippen LogP contribution in [0.5, 0.6) is 17.2 Å². The van der Waals surface area contributed by atoms with Crippen molar-refractivity contribution in [1.29, 1.82) is 0 Å². The largest absolute Gasteiger partial charge is 0.496 e. The number of amides is 1. The molecule has 0 radical (unpaired) electrons. The average Bonchev–Trinajstić information content (AvgIpc) is 3.05. The molecular weight excluding hydrogens is 539 g/mol. The zero-order valence-electron chi connectivity index (χ0n) is 23.5. The third kappa shape index (κ3) is 6.39. The van der Waals surface area contributed by atoms with Crippen molar-refractivity contribution in [3.63, 3.8) is 0 Å². The minimum atomic E-state index is -0.503. The van der Waals surface area contributed by atoms with Gasteiger partial charge in [0.05, 0.1) is 18.5 Å². The van der Waals surface area contributed by atoms with Gasteiger partial charge in [0.2, 0.25) is 5.91 Å². The van der Waals surface area contributed by atoms with Crippen LogP contribution in [0.3, 0.4) is 0 Å². The molecule has 1 aromatic heterocycles. The highest BCUT2D eigenvalue weighted by Crippen LogP contribution is 2.32. The fraction of sp³-hybridized carbons (Fsp3) is 0.0811. The molecule has 6 heteroatoms. The number of nitrogens with zero attached hydrogens (tertiary/aromatic N) is 1. The quantitative estimate of drug-likeness (QED) is 0.189. The summed E-state index contributed by atoms with van der Waals surface area (Å²) in [5.74, 6) is 1.18. The third-order valence-corrected chi connectivity index (χ3v) is 7.36. The number of rotatable bonds is 9. The highest BCUT2D eigenvalue weighted by molar-refractivity contribution is 5.97. The number of aromatic nitrogens is 1. The average molecular weight is 569 g/mol. The number of methoxy groups -OCH3 is 1. The first-order valence-electron chi connectivity index (χ1n) is 14.0. The van der Waals surface area contributed by atoms with Crippen LogP contribution in [-0.4, -0.2) is 18.0 Å². The summed E-state index contributed by atoms with van der Waals surface area (Å²) in [6, 6.07) is 38.9. The third-order valence-electron chi connectivity index (χ3n) is 7.36. The zero-order valence-corrected chi connectivity index (χ0v) is 23.5. The van der Waals surface area contributed by atoms with E-state index in [0.29, 0.717) is 17.9 Å². The Kier molecular flexibility index (Phi) is 8.09. The molecule has 1 amide bonds. The summed E-state index contributed by atoms with van der Waals surface area (Å²) >= 11 is 0. The van der Waals surface area contributed by atoms with Gasteiger partial charge in [-0.05, 0) is 95.4 Å². The van der Waals surface area contributed by atoms with Crippen molar-refractivity contribution in [2.75, 3.05) is 12.4 Å². The molecule has 0 saturated heterocycles. The van der Waals surface area contributed by atoms with Crippen molar-refractivity contribution in [3.8, 4) is 28.4 Å². The summed E-state index contributed by atoms with van der Waals surface area (Å²) in [6.07, 6.45) is 2.16. The van der Waals surface area contributed by atoms with Crippen molar-refractivity contribution in [2.24, 2.45) is 0 Å². The van der Waals surface area contributed by atoms with Gasteiger partial charge in [0.25, 0.3) is 0 Å².